The largest absolute Gasteiger partial charge is 0.510 e. The second kappa shape index (κ2) is 17.4. The van der Waals surface area contributed by atoms with Crippen LogP contribution in [0.4, 0.5) is 9.59 Å². The van der Waals surface area contributed by atoms with Gasteiger partial charge in [0, 0.05) is 12.3 Å². The molecule has 2 aliphatic rings. The third-order valence-electron chi connectivity index (χ3n) is 10.4. The predicted molar refractivity (Wildman–Crippen MR) is 198 cm³/mol. The fraction of sp³-hybridized carbons (Fsp3) is 0.561. The van der Waals surface area contributed by atoms with Crippen LogP contribution in [-0.4, -0.2) is 59.0 Å². The Morgan fingerprint density at radius 3 is 2.09 bits per heavy atom. The first kappa shape index (κ1) is 42.7. The number of nitrogens with zero attached hydrogens (tertiary/aromatic N) is 1. The Morgan fingerprint density at radius 2 is 1.55 bits per heavy atom. The minimum Gasteiger partial charge on any atom is -0.510 e. The van der Waals surface area contributed by atoms with Crippen LogP contribution < -0.4 is 5.43 Å². The van der Waals surface area contributed by atoms with Crippen LogP contribution in [0.2, 0.25) is 0 Å². The van der Waals surface area contributed by atoms with E-state index in [-0.39, 0.29) is 43.6 Å². The Bertz CT molecular complexity index is 1670. The number of nitrogens with one attached hydrogen (secondary N) is 1. The molecule has 0 radical (unpaired) electrons. The number of Topliss-reactive ketones (excluding diaryl/α,β-unsaturated/α-hetero) is 3. The number of hydrazine groups is 1. The highest BCUT2D eigenvalue weighted by molar-refractivity contribution is 6.32. The molecular formula is C41H56N2O10. The molecule has 1 saturated carbocycles. The fourth-order valence-corrected chi connectivity index (χ4v) is 7.85. The number of rotatable bonds is 13. The van der Waals surface area contributed by atoms with Gasteiger partial charge in [-0.2, -0.15) is 5.43 Å². The van der Waals surface area contributed by atoms with E-state index in [1.807, 2.05) is 73.0 Å². The van der Waals surface area contributed by atoms with Crippen molar-refractivity contribution in [2.45, 2.75) is 107 Å². The van der Waals surface area contributed by atoms with Crippen LogP contribution in [0.5, 0.6) is 0 Å². The van der Waals surface area contributed by atoms with Gasteiger partial charge in [0.25, 0.3) is 0 Å². The Balaban J connectivity index is 2.43. The third-order valence-corrected chi connectivity index (χ3v) is 10.4. The summed E-state index contributed by atoms with van der Waals surface area (Å²) in [5, 5.41) is 12.4. The number of hydroxylamine groups is 1. The van der Waals surface area contributed by atoms with Gasteiger partial charge in [0.1, 0.15) is 16.7 Å². The Kier molecular flexibility index (Phi) is 14.0. The average molecular weight is 737 g/mol. The first-order valence-corrected chi connectivity index (χ1v) is 18.3. The van der Waals surface area contributed by atoms with Gasteiger partial charge in [0.2, 0.25) is 0 Å². The number of hydrogen-bond acceptors (Lipinski definition) is 10. The maximum Gasteiger partial charge on any atom is 0.463 e. The molecule has 3 rings (SSSR count). The minimum atomic E-state index is -2.08. The molecule has 1 aromatic rings. The Morgan fingerprint density at radius 1 is 0.943 bits per heavy atom. The number of ether oxygens (including phenoxy) is 2. The first-order valence-electron chi connectivity index (χ1n) is 18.3. The van der Waals surface area contributed by atoms with E-state index >= 15 is 9.59 Å². The molecule has 1 aromatic carbocycles. The Labute approximate surface area is 312 Å². The van der Waals surface area contributed by atoms with E-state index in [2.05, 4.69) is 0 Å². The molecule has 1 fully saturated rings. The van der Waals surface area contributed by atoms with Crippen LogP contribution in [0.25, 0.3) is 0 Å². The molecule has 2 N–H and O–H groups in total. The third kappa shape index (κ3) is 8.57. The average Bonchev–Trinajstić information content (AvgIpc) is 3.06. The normalized spacial score (nSPS) is 22.4. The number of ketones is 3. The maximum atomic E-state index is 15.7. The van der Waals surface area contributed by atoms with E-state index in [9.17, 15) is 24.3 Å². The fourth-order valence-electron chi connectivity index (χ4n) is 7.85. The van der Waals surface area contributed by atoms with E-state index in [0.717, 1.165) is 11.1 Å². The van der Waals surface area contributed by atoms with Gasteiger partial charge >= 0.3 is 18.2 Å². The van der Waals surface area contributed by atoms with Gasteiger partial charge in [-0.15, -0.1) is 0 Å². The van der Waals surface area contributed by atoms with Crippen molar-refractivity contribution in [2.24, 2.45) is 28.1 Å². The van der Waals surface area contributed by atoms with Crippen molar-refractivity contribution in [1.82, 2.24) is 10.6 Å². The van der Waals surface area contributed by atoms with E-state index in [0.29, 0.717) is 12.0 Å². The smallest absolute Gasteiger partial charge is 0.463 e. The summed E-state index contributed by atoms with van der Waals surface area (Å²) < 4.78 is 9.83. The van der Waals surface area contributed by atoms with Crippen molar-refractivity contribution in [3.63, 3.8) is 0 Å². The van der Waals surface area contributed by atoms with Crippen molar-refractivity contribution in [2.75, 3.05) is 13.2 Å². The number of carbonyl (C=O) groups excluding carboxylic acids is 6. The number of carbonyl (C=O) groups is 6. The molecule has 290 valence electrons. The van der Waals surface area contributed by atoms with E-state index in [4.69, 9.17) is 14.3 Å². The molecule has 4 atom stereocenters. The highest BCUT2D eigenvalue weighted by atomic mass is 16.8. The lowest BCUT2D eigenvalue weighted by atomic mass is 9.37. The number of hydrogen-bond donors (Lipinski definition) is 2. The summed E-state index contributed by atoms with van der Waals surface area (Å²) in [6.07, 6.45) is 1.47. The maximum absolute atomic E-state index is 15.7. The van der Waals surface area contributed by atoms with Gasteiger partial charge in [-0.3, -0.25) is 14.4 Å². The van der Waals surface area contributed by atoms with Gasteiger partial charge in [0.05, 0.1) is 25.0 Å². The molecule has 0 saturated heterocycles. The summed E-state index contributed by atoms with van der Waals surface area (Å²) in [5.74, 6) is -5.45. The van der Waals surface area contributed by atoms with Gasteiger partial charge in [-0.1, -0.05) is 81.3 Å². The number of aliphatic hydroxyl groups excluding tert-OH is 1. The van der Waals surface area contributed by atoms with Gasteiger partial charge in [0.15, 0.2) is 17.3 Å². The first-order chi connectivity index (χ1) is 24.8. The lowest BCUT2D eigenvalue weighted by molar-refractivity contribution is -0.195. The zero-order chi connectivity index (χ0) is 39.9. The molecule has 2 bridgehead atoms. The molecule has 0 aliphatic heterocycles. The van der Waals surface area contributed by atoms with Gasteiger partial charge < -0.3 is 19.4 Å². The summed E-state index contributed by atoms with van der Waals surface area (Å²) >= 11 is 0. The number of fused-ring (bicyclic) bond motifs is 2. The van der Waals surface area contributed by atoms with Crippen molar-refractivity contribution < 1.29 is 48.2 Å². The second-order valence-electron chi connectivity index (χ2n) is 15.4. The van der Waals surface area contributed by atoms with E-state index in [1.54, 1.807) is 37.3 Å². The highest BCUT2D eigenvalue weighted by Crippen LogP contribution is 2.69. The van der Waals surface area contributed by atoms with Crippen LogP contribution in [-0.2, 0) is 33.5 Å². The van der Waals surface area contributed by atoms with Crippen LogP contribution in [0.15, 0.2) is 65.0 Å². The zero-order valence-electron chi connectivity index (χ0n) is 32.8. The molecule has 0 heterocycles. The van der Waals surface area contributed by atoms with Crippen molar-refractivity contribution in [3.8, 4) is 0 Å². The zero-order valence-corrected chi connectivity index (χ0v) is 32.8. The summed E-state index contributed by atoms with van der Waals surface area (Å²) in [6, 6.07) is 8.54. The highest BCUT2D eigenvalue weighted by Gasteiger charge is 2.75. The topological polar surface area (TPSA) is 166 Å². The molecule has 0 aromatic heterocycles. The number of amides is 2. The second-order valence-corrected chi connectivity index (χ2v) is 15.4. The quantitative estimate of drug-likeness (QED) is 0.0876. The monoisotopic (exact) mass is 736 g/mol. The molecule has 0 unspecified atom stereocenters. The predicted octanol–water partition coefficient (Wildman–Crippen LogP) is 8.05. The summed E-state index contributed by atoms with van der Waals surface area (Å²) in [4.78, 5) is 90.0. The molecule has 2 aliphatic carbocycles. The van der Waals surface area contributed by atoms with Crippen molar-refractivity contribution >= 4 is 35.5 Å². The molecule has 0 spiro atoms. The molecule has 53 heavy (non-hydrogen) atoms. The molecule has 12 nitrogen and oxygen atoms in total. The standard InChI is InChI=1S/C41H56N2O10/c1-11-51-37(49)42-43(38(50)52-12-2)53-32(45)23-30(28-16-14-13-15-17-28)41-35(47)33(31(44)22-27(7)8)34(46)40(36(41)48,21-20-26(5)6)24-29(39(41,9)10)19-18-25(3)4/h13-18,20,27,29-30,46H,11-12,19,21-24H2,1-10H3,(H,42,49)/t29-,30+,40-,41+/m1/s1. The summed E-state index contributed by atoms with van der Waals surface area (Å²) in [5.41, 5.74) is -1.02. The number of aliphatic hydroxyl groups is 1. The Hall–Kier alpha value is -4.74. The summed E-state index contributed by atoms with van der Waals surface area (Å²) in [7, 11) is 0. The SMILES string of the molecule is CCOC(=O)NN(OC(=O)C[C@@H](c1ccccc1)[C@@]12C(=O)C(C(=O)CC(C)C)=C(O)[C@@](CC=C(C)C)(C[C@@H](CC=C(C)C)C1(C)C)C2=O)C(=O)OCC. The molecular weight excluding hydrogens is 680 g/mol. The minimum absolute atomic E-state index is 0.0287. The molecule has 2 amide bonds. The lowest BCUT2D eigenvalue weighted by Gasteiger charge is -2.62. The number of benzene rings is 1. The van der Waals surface area contributed by atoms with Crippen LogP contribution in [0.1, 0.15) is 113 Å². The van der Waals surface area contributed by atoms with Crippen LogP contribution >= 0.6 is 0 Å². The van der Waals surface area contributed by atoms with Crippen LogP contribution in [0, 0.1) is 28.1 Å². The van der Waals surface area contributed by atoms with Crippen molar-refractivity contribution in [1.29, 1.82) is 0 Å². The van der Waals surface area contributed by atoms with Crippen LogP contribution in [0.3, 0.4) is 0 Å². The van der Waals surface area contributed by atoms with Crippen molar-refractivity contribution in [3.05, 3.63) is 70.5 Å². The lowest BCUT2D eigenvalue weighted by Crippen LogP contribution is -2.69. The molecule has 12 heteroatoms. The van der Waals surface area contributed by atoms with E-state index < -0.39 is 81.3 Å². The number of allylic oxidation sites excluding steroid dienone is 6. The summed E-state index contributed by atoms with van der Waals surface area (Å²) in [6.45, 7) is 17.8. The van der Waals surface area contributed by atoms with E-state index in [1.165, 1.54) is 6.92 Å². The van der Waals surface area contributed by atoms with Gasteiger partial charge in [-0.05, 0) is 88.8 Å². The van der Waals surface area contributed by atoms with Gasteiger partial charge in [-0.25, -0.2) is 14.4 Å².